The molecule has 1 aromatic carbocycles. The van der Waals surface area contributed by atoms with Crippen LogP contribution in [0.2, 0.25) is 0 Å². The fourth-order valence-corrected chi connectivity index (χ4v) is 8.71. The SMILES string of the molecule is C=CC(=O)N1CCn2nc(-c3nc(N4CC5CC(C(=O)N(C)C)(C5)C4)c4ccsc4c3-c3c(F)cc(F)cc3OCCOC)cc2[C@H]1C. The molecule has 48 heavy (non-hydrogen) atoms. The number of amides is 2. The van der Waals surface area contributed by atoms with Crippen molar-refractivity contribution in [1.29, 1.82) is 0 Å². The average molecular weight is 677 g/mol. The second-order valence-electron chi connectivity index (χ2n) is 13.1. The van der Waals surface area contributed by atoms with Crippen LogP contribution in [0.1, 0.15) is 31.5 Å². The fraction of sp³-hybridized carbons (Fsp3) is 0.429. The maximum atomic E-state index is 16.1. The molecule has 0 radical (unpaired) electrons. The van der Waals surface area contributed by atoms with Crippen molar-refractivity contribution in [2.75, 3.05) is 59.0 Å². The maximum Gasteiger partial charge on any atom is 0.246 e. The van der Waals surface area contributed by atoms with Crippen LogP contribution in [-0.2, 0) is 20.9 Å². The molecule has 2 saturated heterocycles. The van der Waals surface area contributed by atoms with Crippen molar-refractivity contribution in [3.05, 3.63) is 59.6 Å². The minimum absolute atomic E-state index is 0.0323. The second-order valence-corrected chi connectivity index (χ2v) is 14.1. The Morgan fingerprint density at radius 1 is 1.17 bits per heavy atom. The van der Waals surface area contributed by atoms with Gasteiger partial charge < -0.3 is 24.2 Å². The topological polar surface area (TPSA) is 93.0 Å². The van der Waals surface area contributed by atoms with Gasteiger partial charge >= 0.3 is 0 Å². The number of benzene rings is 1. The number of carbonyl (C=O) groups excluding carboxylic acids is 2. The van der Waals surface area contributed by atoms with Crippen molar-refractivity contribution >= 4 is 39.1 Å². The molecule has 3 aromatic heterocycles. The third-order valence-electron chi connectivity index (χ3n) is 9.85. The number of hydrogen-bond acceptors (Lipinski definition) is 8. The van der Waals surface area contributed by atoms with Crippen LogP contribution >= 0.6 is 11.3 Å². The van der Waals surface area contributed by atoms with Gasteiger partial charge in [0.25, 0.3) is 0 Å². The van der Waals surface area contributed by atoms with E-state index in [1.165, 1.54) is 30.6 Å². The predicted octanol–water partition coefficient (Wildman–Crippen LogP) is 5.52. The summed E-state index contributed by atoms with van der Waals surface area (Å²) in [5.41, 5.74) is 1.74. The molecule has 3 aliphatic heterocycles. The Labute approximate surface area is 281 Å². The van der Waals surface area contributed by atoms with Gasteiger partial charge in [0.05, 0.1) is 35.9 Å². The number of methoxy groups -OCH3 is 1. The summed E-state index contributed by atoms with van der Waals surface area (Å²) in [5, 5.41) is 7.69. The molecule has 6 heterocycles. The van der Waals surface area contributed by atoms with Gasteiger partial charge in [-0.3, -0.25) is 14.3 Å². The summed E-state index contributed by atoms with van der Waals surface area (Å²) in [6, 6.07) is 5.59. The summed E-state index contributed by atoms with van der Waals surface area (Å²) in [6.45, 7) is 8.07. The van der Waals surface area contributed by atoms with E-state index in [9.17, 15) is 14.0 Å². The van der Waals surface area contributed by atoms with Gasteiger partial charge in [-0.2, -0.15) is 5.10 Å². The molecule has 10 nitrogen and oxygen atoms in total. The summed E-state index contributed by atoms with van der Waals surface area (Å²) < 4.78 is 44.5. The van der Waals surface area contributed by atoms with Crippen LogP contribution < -0.4 is 9.64 Å². The number of pyridine rings is 1. The van der Waals surface area contributed by atoms with E-state index in [-0.39, 0.29) is 42.4 Å². The number of halogens is 2. The lowest BCUT2D eigenvalue weighted by atomic mass is 9.58. The molecule has 252 valence electrons. The van der Waals surface area contributed by atoms with Gasteiger partial charge in [-0.1, -0.05) is 6.58 Å². The molecule has 1 atom stereocenters. The lowest BCUT2D eigenvalue weighted by molar-refractivity contribution is -0.149. The standard InChI is InChI=1S/C35H38F2N6O4S/c1-6-28(44)42-8-9-43-26(20(42)2)15-25(39-43)31-30(29-24(37)13-22(36)14-27(29)47-11-10-46-5)32-23(7-12-48-32)33(38-31)41-18-21-16-35(17-21,19-41)34(45)40(3)4/h6-7,12-15,20-21H,1,8-11,16-19H2,2-5H3/t20-,21?,35?/m1/s1. The zero-order chi connectivity index (χ0) is 33.9. The van der Waals surface area contributed by atoms with Crippen LogP contribution in [0.5, 0.6) is 5.75 Å². The highest BCUT2D eigenvalue weighted by molar-refractivity contribution is 7.18. The molecule has 1 aliphatic carbocycles. The third-order valence-corrected chi connectivity index (χ3v) is 10.8. The van der Waals surface area contributed by atoms with Gasteiger partial charge in [-0.15, -0.1) is 11.3 Å². The van der Waals surface area contributed by atoms with Crippen LogP contribution in [0, 0.1) is 23.0 Å². The molecule has 4 aromatic rings. The number of nitrogens with zero attached hydrogens (tertiary/aromatic N) is 6. The van der Waals surface area contributed by atoms with Crippen LogP contribution in [-0.4, -0.2) is 90.4 Å². The van der Waals surface area contributed by atoms with Crippen molar-refractivity contribution in [1.82, 2.24) is 24.6 Å². The van der Waals surface area contributed by atoms with Gasteiger partial charge in [-0.25, -0.2) is 13.8 Å². The largest absolute Gasteiger partial charge is 0.490 e. The average Bonchev–Trinajstić information content (AvgIpc) is 3.72. The van der Waals surface area contributed by atoms with Gasteiger partial charge in [0.1, 0.15) is 41.2 Å². The molecule has 13 heteroatoms. The van der Waals surface area contributed by atoms with E-state index >= 15 is 4.39 Å². The molecular formula is C35H38F2N6O4S. The number of anilines is 1. The zero-order valence-corrected chi connectivity index (χ0v) is 28.3. The molecule has 0 N–H and O–H groups in total. The Kier molecular flexibility index (Phi) is 8.23. The van der Waals surface area contributed by atoms with Crippen molar-refractivity contribution in [3.63, 3.8) is 0 Å². The predicted molar refractivity (Wildman–Crippen MR) is 180 cm³/mol. The molecule has 4 aliphatic rings. The van der Waals surface area contributed by atoms with Gasteiger partial charge in [-0.05, 0) is 49.3 Å². The molecule has 8 rings (SSSR count). The number of hydrogen-bond donors (Lipinski definition) is 0. The van der Waals surface area contributed by atoms with Gasteiger partial charge in [0.15, 0.2) is 0 Å². The van der Waals surface area contributed by atoms with E-state index in [2.05, 4.69) is 11.5 Å². The summed E-state index contributed by atoms with van der Waals surface area (Å²) in [6.07, 6.45) is 2.99. The lowest BCUT2D eigenvalue weighted by Gasteiger charge is -2.56. The minimum Gasteiger partial charge on any atom is -0.490 e. The second kappa shape index (κ2) is 12.3. The maximum absolute atomic E-state index is 16.1. The number of fused-ring (bicyclic) bond motifs is 4. The van der Waals surface area contributed by atoms with Crippen molar-refractivity contribution in [2.45, 2.75) is 32.4 Å². The first-order chi connectivity index (χ1) is 23.0. The highest BCUT2D eigenvalue weighted by Crippen LogP contribution is 2.54. The quantitative estimate of drug-likeness (QED) is 0.170. The van der Waals surface area contributed by atoms with Gasteiger partial charge in [0.2, 0.25) is 11.8 Å². The minimum atomic E-state index is -0.789. The van der Waals surface area contributed by atoms with Crippen LogP contribution in [0.25, 0.3) is 32.6 Å². The highest BCUT2D eigenvalue weighted by atomic mass is 32.1. The van der Waals surface area contributed by atoms with Crippen molar-refractivity contribution in [3.8, 4) is 28.3 Å². The Morgan fingerprint density at radius 3 is 2.69 bits per heavy atom. The van der Waals surface area contributed by atoms with E-state index in [0.717, 1.165) is 41.2 Å². The molecular weight excluding hydrogens is 638 g/mol. The molecule has 2 bridgehead atoms. The van der Waals surface area contributed by atoms with E-state index in [0.29, 0.717) is 48.3 Å². The first kappa shape index (κ1) is 32.2. The number of thiophene rings is 1. The normalized spacial score (nSPS) is 21.5. The molecule has 1 saturated carbocycles. The Balaban J connectivity index is 1.44. The number of rotatable bonds is 9. The lowest BCUT2D eigenvalue weighted by Crippen LogP contribution is -2.62. The van der Waals surface area contributed by atoms with Crippen molar-refractivity contribution in [2.24, 2.45) is 11.3 Å². The Bertz CT molecular complexity index is 1930. The number of ether oxygens (including phenoxy) is 2. The van der Waals surface area contributed by atoms with E-state index < -0.39 is 17.0 Å². The fourth-order valence-electron chi connectivity index (χ4n) is 7.77. The van der Waals surface area contributed by atoms with Crippen LogP contribution in [0.3, 0.4) is 0 Å². The van der Waals surface area contributed by atoms with E-state index in [1.807, 2.05) is 29.1 Å². The monoisotopic (exact) mass is 676 g/mol. The first-order valence-corrected chi connectivity index (χ1v) is 16.9. The highest BCUT2D eigenvalue weighted by Gasteiger charge is 2.56. The molecule has 3 fully saturated rings. The first-order valence-electron chi connectivity index (χ1n) is 16.1. The Hall–Kier alpha value is -4.36. The summed E-state index contributed by atoms with van der Waals surface area (Å²) in [5.74, 6) is -0.536. The van der Waals surface area contributed by atoms with Crippen molar-refractivity contribution < 1.29 is 27.8 Å². The summed E-state index contributed by atoms with van der Waals surface area (Å²) >= 11 is 1.43. The molecule has 0 unspecified atom stereocenters. The van der Waals surface area contributed by atoms with E-state index in [1.54, 1.807) is 23.9 Å². The smallest absolute Gasteiger partial charge is 0.246 e. The summed E-state index contributed by atoms with van der Waals surface area (Å²) in [4.78, 5) is 36.9. The number of aromatic nitrogens is 3. The molecule has 0 spiro atoms. The van der Waals surface area contributed by atoms with Crippen LogP contribution in [0.15, 0.2) is 42.3 Å². The number of piperidine rings is 2. The number of carbonyl (C=O) groups is 2. The molecule has 2 amide bonds. The van der Waals surface area contributed by atoms with Gasteiger partial charge in [0, 0.05) is 68.6 Å². The van der Waals surface area contributed by atoms with E-state index in [4.69, 9.17) is 19.6 Å². The Morgan fingerprint density at radius 2 is 1.96 bits per heavy atom. The van der Waals surface area contributed by atoms with Crippen LogP contribution in [0.4, 0.5) is 14.6 Å². The zero-order valence-electron chi connectivity index (χ0n) is 27.5. The summed E-state index contributed by atoms with van der Waals surface area (Å²) in [7, 11) is 5.11. The third kappa shape index (κ3) is 5.23.